The average molecular weight is 474 g/mol. The molecule has 2 amide bonds. The summed E-state index contributed by atoms with van der Waals surface area (Å²) in [4.78, 5) is 26.5. The summed E-state index contributed by atoms with van der Waals surface area (Å²) in [6, 6.07) is 11.8. The lowest BCUT2D eigenvalue weighted by molar-refractivity contribution is -0.131. The predicted octanol–water partition coefficient (Wildman–Crippen LogP) is 1.88. The standard InChI is InChI=1S/C23H27N3O6S/c1-3-20-23(28)24-19-15-18(7-8-21(19)32-20)33(29,30)26-11-9-25(10-12-26)22(27)14-16-5-4-6-17(13-16)31-2/h4-8,13,15,20H,3,9-12,14H2,1-2H3,(H,24,28). The lowest BCUT2D eigenvalue weighted by Gasteiger charge is -2.34. The molecular weight excluding hydrogens is 446 g/mol. The van der Waals surface area contributed by atoms with Crippen LogP contribution in [0.3, 0.4) is 0 Å². The third-order valence-corrected chi connectivity index (χ3v) is 7.75. The Kier molecular flexibility index (Phi) is 6.57. The Morgan fingerprint density at radius 1 is 1.15 bits per heavy atom. The van der Waals surface area contributed by atoms with Crippen LogP contribution in [0.1, 0.15) is 18.9 Å². The lowest BCUT2D eigenvalue weighted by Crippen LogP contribution is -2.50. The van der Waals surface area contributed by atoms with Crippen LogP contribution in [0.4, 0.5) is 5.69 Å². The number of nitrogens with one attached hydrogen (secondary N) is 1. The van der Waals surface area contributed by atoms with Crippen molar-refractivity contribution in [2.75, 3.05) is 38.6 Å². The number of hydrogen-bond donors (Lipinski definition) is 1. The summed E-state index contributed by atoms with van der Waals surface area (Å²) in [5, 5.41) is 2.72. The minimum Gasteiger partial charge on any atom is -0.497 e. The first kappa shape index (κ1) is 23.1. The lowest BCUT2D eigenvalue weighted by atomic mass is 10.1. The number of carbonyl (C=O) groups excluding carboxylic acids is 2. The second-order valence-corrected chi connectivity index (χ2v) is 9.91. The quantitative estimate of drug-likeness (QED) is 0.687. The van der Waals surface area contributed by atoms with Crippen LogP contribution in [0.25, 0.3) is 0 Å². The highest BCUT2D eigenvalue weighted by atomic mass is 32.2. The van der Waals surface area contributed by atoms with E-state index in [4.69, 9.17) is 9.47 Å². The molecule has 1 atom stereocenters. The zero-order chi connectivity index (χ0) is 23.6. The van der Waals surface area contributed by atoms with Crippen molar-refractivity contribution in [3.63, 3.8) is 0 Å². The first-order valence-electron chi connectivity index (χ1n) is 10.8. The van der Waals surface area contributed by atoms with Gasteiger partial charge in [0.25, 0.3) is 5.91 Å². The number of sulfonamides is 1. The molecule has 2 aromatic carbocycles. The molecule has 4 rings (SSSR count). The third-order valence-electron chi connectivity index (χ3n) is 5.86. The molecule has 0 bridgehead atoms. The molecule has 0 radical (unpaired) electrons. The van der Waals surface area contributed by atoms with Crippen molar-refractivity contribution in [3.8, 4) is 11.5 Å². The molecule has 9 nitrogen and oxygen atoms in total. The van der Waals surface area contributed by atoms with E-state index >= 15 is 0 Å². The molecule has 1 saturated heterocycles. The first-order chi connectivity index (χ1) is 15.8. The van der Waals surface area contributed by atoms with E-state index in [2.05, 4.69) is 5.32 Å². The molecule has 2 aliphatic rings. The van der Waals surface area contributed by atoms with Crippen LogP contribution in [0.15, 0.2) is 47.4 Å². The molecular formula is C23H27N3O6S. The van der Waals surface area contributed by atoms with E-state index in [1.54, 1.807) is 18.1 Å². The largest absolute Gasteiger partial charge is 0.497 e. The van der Waals surface area contributed by atoms with Crippen LogP contribution in [0, 0.1) is 0 Å². The zero-order valence-electron chi connectivity index (χ0n) is 18.6. The van der Waals surface area contributed by atoms with Gasteiger partial charge in [0.1, 0.15) is 11.5 Å². The summed E-state index contributed by atoms with van der Waals surface area (Å²) < 4.78 is 38.5. The van der Waals surface area contributed by atoms with Gasteiger partial charge in [-0.05, 0) is 42.3 Å². The zero-order valence-corrected chi connectivity index (χ0v) is 19.4. The number of hydrogen-bond acceptors (Lipinski definition) is 6. The molecule has 1 unspecified atom stereocenters. The van der Waals surface area contributed by atoms with Gasteiger partial charge in [-0.15, -0.1) is 0 Å². The molecule has 2 aliphatic heterocycles. The first-order valence-corrected chi connectivity index (χ1v) is 12.3. The summed E-state index contributed by atoms with van der Waals surface area (Å²) in [5.74, 6) is 0.795. The Labute approximate surface area is 193 Å². The van der Waals surface area contributed by atoms with Gasteiger partial charge in [-0.3, -0.25) is 9.59 Å². The number of nitrogens with zero attached hydrogens (tertiary/aromatic N) is 2. The van der Waals surface area contributed by atoms with Crippen LogP contribution < -0.4 is 14.8 Å². The van der Waals surface area contributed by atoms with E-state index in [1.165, 1.54) is 16.4 Å². The van der Waals surface area contributed by atoms with Crippen molar-refractivity contribution < 1.29 is 27.5 Å². The van der Waals surface area contributed by atoms with Crippen molar-refractivity contribution in [1.82, 2.24) is 9.21 Å². The second-order valence-electron chi connectivity index (χ2n) is 7.98. The van der Waals surface area contributed by atoms with Crippen molar-refractivity contribution in [3.05, 3.63) is 48.0 Å². The number of ether oxygens (including phenoxy) is 2. The summed E-state index contributed by atoms with van der Waals surface area (Å²) >= 11 is 0. The number of fused-ring (bicyclic) bond motifs is 1. The minimum absolute atomic E-state index is 0.0561. The fourth-order valence-corrected chi connectivity index (χ4v) is 5.40. The van der Waals surface area contributed by atoms with Gasteiger partial charge >= 0.3 is 0 Å². The fourth-order valence-electron chi connectivity index (χ4n) is 3.95. The van der Waals surface area contributed by atoms with Crippen molar-refractivity contribution >= 4 is 27.5 Å². The second kappa shape index (κ2) is 9.40. The number of methoxy groups -OCH3 is 1. The van der Waals surface area contributed by atoms with E-state index in [9.17, 15) is 18.0 Å². The van der Waals surface area contributed by atoms with Gasteiger partial charge in [-0.25, -0.2) is 8.42 Å². The Balaban J connectivity index is 1.40. The van der Waals surface area contributed by atoms with Gasteiger partial charge in [0.15, 0.2) is 6.10 Å². The van der Waals surface area contributed by atoms with E-state index in [0.29, 0.717) is 36.7 Å². The van der Waals surface area contributed by atoms with Crippen LogP contribution in [0.2, 0.25) is 0 Å². The SMILES string of the molecule is CCC1Oc2ccc(S(=O)(=O)N3CCN(C(=O)Cc4cccc(OC)c4)CC3)cc2NC1=O. The molecule has 0 aromatic heterocycles. The number of amides is 2. The Morgan fingerprint density at radius 3 is 2.61 bits per heavy atom. The number of piperazine rings is 1. The maximum absolute atomic E-state index is 13.2. The van der Waals surface area contributed by atoms with Crippen molar-refractivity contribution in [1.29, 1.82) is 0 Å². The molecule has 1 fully saturated rings. The van der Waals surface area contributed by atoms with E-state index < -0.39 is 16.1 Å². The summed E-state index contributed by atoms with van der Waals surface area (Å²) in [6.07, 6.45) is 0.168. The van der Waals surface area contributed by atoms with Crippen molar-refractivity contribution in [2.24, 2.45) is 0 Å². The van der Waals surface area contributed by atoms with Gasteiger partial charge < -0.3 is 19.7 Å². The Bertz CT molecular complexity index is 1160. The van der Waals surface area contributed by atoms with Crippen LogP contribution in [-0.2, 0) is 26.0 Å². The number of rotatable bonds is 6. The normalized spacial score (nSPS) is 18.8. The minimum atomic E-state index is -3.78. The Morgan fingerprint density at radius 2 is 1.91 bits per heavy atom. The highest BCUT2D eigenvalue weighted by molar-refractivity contribution is 7.89. The van der Waals surface area contributed by atoms with Gasteiger partial charge in [0.2, 0.25) is 15.9 Å². The van der Waals surface area contributed by atoms with E-state index in [0.717, 1.165) is 5.56 Å². The number of carbonyl (C=O) groups is 2. The highest BCUT2D eigenvalue weighted by Gasteiger charge is 2.32. The summed E-state index contributed by atoms with van der Waals surface area (Å²) in [5.41, 5.74) is 1.19. The molecule has 176 valence electrons. The van der Waals surface area contributed by atoms with Crippen LogP contribution in [-0.4, -0.2) is 68.8 Å². The van der Waals surface area contributed by atoms with E-state index in [-0.39, 0.29) is 36.2 Å². The molecule has 0 saturated carbocycles. The summed E-state index contributed by atoms with van der Waals surface area (Å²) in [7, 11) is -2.20. The van der Waals surface area contributed by atoms with Crippen molar-refractivity contribution in [2.45, 2.75) is 30.8 Å². The molecule has 33 heavy (non-hydrogen) atoms. The maximum atomic E-state index is 13.2. The number of anilines is 1. The smallest absolute Gasteiger partial charge is 0.265 e. The van der Waals surface area contributed by atoms with E-state index in [1.807, 2.05) is 31.2 Å². The maximum Gasteiger partial charge on any atom is 0.265 e. The monoisotopic (exact) mass is 473 g/mol. The number of benzene rings is 2. The summed E-state index contributed by atoms with van der Waals surface area (Å²) in [6.45, 7) is 2.86. The topological polar surface area (TPSA) is 105 Å². The molecule has 2 aromatic rings. The molecule has 1 N–H and O–H groups in total. The fraction of sp³-hybridized carbons (Fsp3) is 0.391. The molecule has 10 heteroatoms. The van der Waals surface area contributed by atoms with Gasteiger partial charge in [-0.1, -0.05) is 19.1 Å². The van der Waals surface area contributed by atoms with Crippen LogP contribution >= 0.6 is 0 Å². The van der Waals surface area contributed by atoms with Gasteiger partial charge in [-0.2, -0.15) is 4.31 Å². The van der Waals surface area contributed by atoms with Gasteiger partial charge in [0.05, 0.1) is 24.1 Å². The molecule has 0 aliphatic carbocycles. The molecule has 0 spiro atoms. The van der Waals surface area contributed by atoms with Crippen LogP contribution in [0.5, 0.6) is 11.5 Å². The average Bonchev–Trinajstić information content (AvgIpc) is 2.83. The molecule has 2 heterocycles. The third kappa shape index (κ3) is 4.81. The highest BCUT2D eigenvalue weighted by Crippen LogP contribution is 2.33. The van der Waals surface area contributed by atoms with Gasteiger partial charge in [0, 0.05) is 26.2 Å². The predicted molar refractivity (Wildman–Crippen MR) is 122 cm³/mol. The Hall–Kier alpha value is -3.11.